The van der Waals surface area contributed by atoms with Gasteiger partial charge < -0.3 is 14.7 Å². The molecule has 6 heteroatoms. The van der Waals surface area contributed by atoms with Crippen LogP contribution in [-0.2, 0) is 0 Å². The molecule has 1 atom stereocenters. The number of thioether (sulfide) groups is 1. The first-order chi connectivity index (χ1) is 9.76. The van der Waals surface area contributed by atoms with Gasteiger partial charge in [-0.05, 0) is 25.5 Å². The summed E-state index contributed by atoms with van der Waals surface area (Å²) in [6.45, 7) is 3.11. The molecule has 5 nitrogen and oxygen atoms in total. The zero-order valence-corrected chi connectivity index (χ0v) is 12.6. The smallest absolute Gasteiger partial charge is 0.273 e. The molecule has 0 aromatic carbocycles. The number of nitrogens with one attached hydrogen (secondary N) is 1. The van der Waals surface area contributed by atoms with E-state index in [1.54, 1.807) is 6.07 Å². The van der Waals surface area contributed by atoms with E-state index < -0.39 is 0 Å². The highest BCUT2D eigenvalue weighted by Gasteiger charge is 2.30. The summed E-state index contributed by atoms with van der Waals surface area (Å²) in [6.07, 6.45) is 5.46. The van der Waals surface area contributed by atoms with Gasteiger partial charge in [-0.15, -0.1) is 0 Å². The normalized spacial score (nSPS) is 23.1. The second-order valence-electron chi connectivity index (χ2n) is 5.64. The van der Waals surface area contributed by atoms with Crippen molar-refractivity contribution in [1.29, 1.82) is 0 Å². The summed E-state index contributed by atoms with van der Waals surface area (Å²) in [4.78, 5) is 14.5. The maximum absolute atomic E-state index is 12.1. The standard InChI is InChI=1S/C14H21N3O2S/c1-20-7-6-17-5-4-11(9-17)15-14(18)12-8-13(19-16-12)10-2-3-10/h8,10-11H,2-7,9H2,1H3,(H,15,18). The molecule has 3 rings (SSSR count). The van der Waals surface area contributed by atoms with E-state index in [2.05, 4.69) is 21.6 Å². The second-order valence-corrected chi connectivity index (χ2v) is 6.63. The van der Waals surface area contributed by atoms with E-state index >= 15 is 0 Å². The van der Waals surface area contributed by atoms with Crippen LogP contribution in [0, 0.1) is 0 Å². The largest absolute Gasteiger partial charge is 0.360 e. The van der Waals surface area contributed by atoms with Crippen LogP contribution in [0.5, 0.6) is 0 Å². The number of nitrogens with zero attached hydrogens (tertiary/aromatic N) is 2. The molecule has 0 bridgehead atoms. The van der Waals surface area contributed by atoms with E-state index in [1.807, 2.05) is 11.8 Å². The first-order valence-corrected chi connectivity index (χ1v) is 8.64. The fraction of sp³-hybridized carbons (Fsp3) is 0.714. The topological polar surface area (TPSA) is 58.4 Å². The summed E-state index contributed by atoms with van der Waals surface area (Å²) in [6, 6.07) is 2.04. The van der Waals surface area contributed by atoms with E-state index in [-0.39, 0.29) is 11.9 Å². The van der Waals surface area contributed by atoms with Crippen molar-refractivity contribution in [2.45, 2.75) is 31.2 Å². The Morgan fingerprint density at radius 3 is 3.15 bits per heavy atom. The molecular weight excluding hydrogens is 274 g/mol. The van der Waals surface area contributed by atoms with Crippen molar-refractivity contribution in [3.8, 4) is 0 Å². The molecule has 1 N–H and O–H groups in total. The lowest BCUT2D eigenvalue weighted by molar-refractivity contribution is 0.0928. The molecule has 1 saturated carbocycles. The van der Waals surface area contributed by atoms with Crippen molar-refractivity contribution in [3.63, 3.8) is 0 Å². The highest BCUT2D eigenvalue weighted by atomic mass is 32.2. The fourth-order valence-corrected chi connectivity index (χ4v) is 3.03. The molecule has 0 spiro atoms. The van der Waals surface area contributed by atoms with Crippen LogP contribution in [0.3, 0.4) is 0 Å². The Labute approximate surface area is 123 Å². The average Bonchev–Trinajstić information content (AvgIpc) is 3.01. The van der Waals surface area contributed by atoms with Gasteiger partial charge in [0.1, 0.15) is 5.76 Å². The van der Waals surface area contributed by atoms with Gasteiger partial charge in [0, 0.05) is 43.4 Å². The van der Waals surface area contributed by atoms with Crippen LogP contribution in [0.1, 0.15) is 41.4 Å². The molecule has 110 valence electrons. The zero-order chi connectivity index (χ0) is 13.9. The molecular formula is C14H21N3O2S. The highest BCUT2D eigenvalue weighted by molar-refractivity contribution is 7.98. The third-order valence-corrected chi connectivity index (χ3v) is 4.55. The zero-order valence-electron chi connectivity index (χ0n) is 11.8. The molecule has 1 aromatic rings. The quantitative estimate of drug-likeness (QED) is 0.866. The van der Waals surface area contributed by atoms with Crippen LogP contribution in [0.25, 0.3) is 0 Å². The maximum Gasteiger partial charge on any atom is 0.273 e. The van der Waals surface area contributed by atoms with Crippen LogP contribution in [0.4, 0.5) is 0 Å². The highest BCUT2D eigenvalue weighted by Crippen LogP contribution is 2.40. The van der Waals surface area contributed by atoms with E-state index in [0.29, 0.717) is 11.6 Å². The predicted octanol–water partition coefficient (Wildman–Crippen LogP) is 1.72. The summed E-state index contributed by atoms with van der Waals surface area (Å²) < 4.78 is 5.22. The van der Waals surface area contributed by atoms with Crippen LogP contribution < -0.4 is 5.32 Å². The molecule has 1 saturated heterocycles. The number of amides is 1. The van der Waals surface area contributed by atoms with E-state index in [9.17, 15) is 4.79 Å². The van der Waals surface area contributed by atoms with Crippen LogP contribution in [-0.4, -0.2) is 53.6 Å². The number of hydrogen-bond acceptors (Lipinski definition) is 5. The summed E-state index contributed by atoms with van der Waals surface area (Å²) in [5, 5.41) is 6.95. The van der Waals surface area contributed by atoms with Gasteiger partial charge in [0.25, 0.3) is 5.91 Å². The Morgan fingerprint density at radius 1 is 1.55 bits per heavy atom. The Bertz CT molecular complexity index is 473. The van der Waals surface area contributed by atoms with Gasteiger partial charge in [0.2, 0.25) is 0 Å². The summed E-state index contributed by atoms with van der Waals surface area (Å²) in [7, 11) is 0. The molecule has 1 amide bonds. The Hall–Kier alpha value is -1.01. The summed E-state index contributed by atoms with van der Waals surface area (Å²) in [5.41, 5.74) is 0.425. The first kappa shape index (κ1) is 13.9. The Balaban J connectivity index is 1.48. The summed E-state index contributed by atoms with van der Waals surface area (Å²) in [5.74, 6) is 2.41. The molecule has 2 aliphatic rings. The van der Waals surface area contributed by atoms with Crippen molar-refractivity contribution < 1.29 is 9.32 Å². The molecule has 1 aromatic heterocycles. The van der Waals surface area contributed by atoms with Gasteiger partial charge in [-0.3, -0.25) is 4.79 Å². The lowest BCUT2D eigenvalue weighted by Gasteiger charge is -2.15. The van der Waals surface area contributed by atoms with Crippen LogP contribution >= 0.6 is 11.8 Å². The van der Waals surface area contributed by atoms with Crippen molar-refractivity contribution in [1.82, 2.24) is 15.4 Å². The molecule has 20 heavy (non-hydrogen) atoms. The monoisotopic (exact) mass is 295 g/mol. The number of carbonyl (C=O) groups excluding carboxylic acids is 1. The number of hydrogen-bond donors (Lipinski definition) is 1. The number of aromatic nitrogens is 1. The van der Waals surface area contributed by atoms with Gasteiger partial charge in [-0.2, -0.15) is 11.8 Å². The Kier molecular flexibility index (Phi) is 4.31. The molecule has 0 radical (unpaired) electrons. The predicted molar refractivity (Wildman–Crippen MR) is 79.2 cm³/mol. The van der Waals surface area contributed by atoms with E-state index in [4.69, 9.17) is 4.52 Å². The van der Waals surface area contributed by atoms with Crippen molar-refractivity contribution in [2.75, 3.05) is 31.6 Å². The van der Waals surface area contributed by atoms with Gasteiger partial charge in [-0.25, -0.2) is 0 Å². The Morgan fingerprint density at radius 2 is 2.40 bits per heavy atom. The lowest BCUT2D eigenvalue weighted by Crippen LogP contribution is -2.37. The minimum absolute atomic E-state index is 0.0997. The van der Waals surface area contributed by atoms with Crippen molar-refractivity contribution in [2.24, 2.45) is 0 Å². The molecule has 2 heterocycles. The van der Waals surface area contributed by atoms with Gasteiger partial charge in [0.15, 0.2) is 5.69 Å². The van der Waals surface area contributed by atoms with E-state index in [0.717, 1.165) is 50.4 Å². The molecule has 1 unspecified atom stereocenters. The maximum atomic E-state index is 12.1. The third kappa shape index (κ3) is 3.35. The molecule has 1 aliphatic carbocycles. The SMILES string of the molecule is CSCCN1CCC(NC(=O)c2cc(C3CC3)on2)C1. The van der Waals surface area contributed by atoms with Gasteiger partial charge in [0.05, 0.1) is 0 Å². The fourth-order valence-electron chi connectivity index (χ4n) is 2.59. The van der Waals surface area contributed by atoms with Crippen LogP contribution in [0.2, 0.25) is 0 Å². The van der Waals surface area contributed by atoms with Gasteiger partial charge >= 0.3 is 0 Å². The van der Waals surface area contributed by atoms with Gasteiger partial charge in [-0.1, -0.05) is 5.16 Å². The van der Waals surface area contributed by atoms with Crippen molar-refractivity contribution in [3.05, 3.63) is 17.5 Å². The summed E-state index contributed by atoms with van der Waals surface area (Å²) >= 11 is 1.86. The molecule has 2 fully saturated rings. The van der Waals surface area contributed by atoms with E-state index in [1.165, 1.54) is 0 Å². The van der Waals surface area contributed by atoms with Crippen LogP contribution in [0.15, 0.2) is 10.6 Å². The van der Waals surface area contributed by atoms with Crippen molar-refractivity contribution >= 4 is 17.7 Å². The number of rotatable bonds is 6. The third-order valence-electron chi connectivity index (χ3n) is 3.96. The second kappa shape index (κ2) is 6.18. The molecule has 1 aliphatic heterocycles. The lowest BCUT2D eigenvalue weighted by atomic mass is 10.2. The minimum Gasteiger partial charge on any atom is -0.360 e. The first-order valence-electron chi connectivity index (χ1n) is 7.25. The number of carbonyl (C=O) groups is 1. The number of likely N-dealkylation sites (tertiary alicyclic amines) is 1. The minimum atomic E-state index is -0.0997. The average molecular weight is 295 g/mol.